The van der Waals surface area contributed by atoms with E-state index in [-0.39, 0.29) is 27.2 Å². The van der Waals surface area contributed by atoms with Gasteiger partial charge in [0.05, 0.1) is 22.3 Å². The number of halogens is 6. The van der Waals surface area contributed by atoms with Crippen LogP contribution in [0, 0.1) is 5.82 Å². The Morgan fingerprint density at radius 3 is 2.70 bits per heavy atom. The Morgan fingerprint density at radius 2 is 1.94 bits per heavy atom. The van der Waals surface area contributed by atoms with Crippen LogP contribution in [0.1, 0.15) is 33.6 Å². The zero-order valence-electron chi connectivity index (χ0n) is 16.8. The molecule has 33 heavy (non-hydrogen) atoms. The number of rotatable bonds is 6. The molecule has 172 valence electrons. The van der Waals surface area contributed by atoms with Crippen molar-refractivity contribution < 1.29 is 22.7 Å². The first-order valence-corrected chi connectivity index (χ1v) is 11.3. The molecule has 0 atom stereocenters. The van der Waals surface area contributed by atoms with Gasteiger partial charge in [-0.3, -0.25) is 4.79 Å². The third-order valence-electron chi connectivity index (χ3n) is 5.11. The van der Waals surface area contributed by atoms with Crippen LogP contribution >= 0.6 is 39.1 Å². The van der Waals surface area contributed by atoms with E-state index in [1.807, 2.05) is 0 Å². The lowest BCUT2D eigenvalue weighted by molar-refractivity contribution is -0.00242. The molecule has 0 unspecified atom stereocenters. The molecule has 1 N–H and O–H groups in total. The normalized spacial score (nSPS) is 13.0. The fourth-order valence-electron chi connectivity index (χ4n) is 3.53. The molecule has 0 fully saturated rings. The van der Waals surface area contributed by atoms with E-state index in [4.69, 9.17) is 27.9 Å². The Labute approximate surface area is 205 Å². The molecule has 0 saturated heterocycles. The van der Waals surface area contributed by atoms with Crippen LogP contribution in [0.5, 0.6) is 11.6 Å². The first kappa shape index (κ1) is 23.8. The van der Waals surface area contributed by atoms with Crippen LogP contribution in [0.25, 0.3) is 0 Å². The number of alkyl halides is 2. The number of nitrogens with zero attached hydrogens (tertiary/aromatic N) is 2. The molecule has 1 aliphatic rings. The van der Waals surface area contributed by atoms with E-state index in [0.717, 1.165) is 0 Å². The van der Waals surface area contributed by atoms with Crippen molar-refractivity contribution in [2.75, 3.05) is 6.54 Å². The van der Waals surface area contributed by atoms with Gasteiger partial charge in [0.15, 0.2) is 11.6 Å². The fourth-order valence-corrected chi connectivity index (χ4v) is 4.50. The summed E-state index contributed by atoms with van der Waals surface area (Å²) >= 11 is 14.9. The highest BCUT2D eigenvalue weighted by Gasteiger charge is 2.36. The molecule has 11 heteroatoms. The van der Waals surface area contributed by atoms with Gasteiger partial charge < -0.3 is 10.1 Å². The van der Waals surface area contributed by atoms with Crippen molar-refractivity contribution in [3.05, 3.63) is 79.1 Å². The van der Waals surface area contributed by atoms with Gasteiger partial charge in [-0.25, -0.2) is 4.39 Å². The molecule has 0 aliphatic heterocycles. The van der Waals surface area contributed by atoms with Crippen molar-refractivity contribution in [3.63, 3.8) is 0 Å². The maximum Gasteiger partial charge on any atom is 0.291 e. The molecule has 1 amide bonds. The number of hydrogen-bond acceptors (Lipinski definition) is 4. The summed E-state index contributed by atoms with van der Waals surface area (Å²) in [6.07, 6.45) is 1.78. The van der Waals surface area contributed by atoms with E-state index < -0.39 is 29.8 Å². The van der Waals surface area contributed by atoms with Crippen LogP contribution in [0.15, 0.2) is 40.9 Å². The quantitative estimate of drug-likeness (QED) is 0.374. The largest absolute Gasteiger partial charge is 0.434 e. The standard InChI is InChI=1S/C22H15BrCl2F3N3O2/c23-11-7-8-13(15(25)9-11)22(27,28)10-29-20(32)18-12-3-1-5-16(12)30-31-21(18)33-17-6-2-4-14(24)19(17)26/h2,4,6-9H,1,3,5,10H2,(H,29,32). The molecule has 0 spiro atoms. The third-order valence-corrected chi connectivity index (χ3v) is 6.21. The second-order valence-corrected chi connectivity index (χ2v) is 9.05. The number of carbonyl (C=O) groups excluding carboxylic acids is 1. The maximum atomic E-state index is 14.8. The van der Waals surface area contributed by atoms with Crippen molar-refractivity contribution in [1.29, 1.82) is 0 Å². The van der Waals surface area contributed by atoms with E-state index >= 15 is 0 Å². The highest BCUT2D eigenvalue weighted by atomic mass is 79.9. The lowest BCUT2D eigenvalue weighted by atomic mass is 10.1. The number of ether oxygens (including phenoxy) is 1. The molecule has 3 aromatic rings. The number of carbonyl (C=O) groups is 1. The second kappa shape index (κ2) is 9.48. The number of fused-ring (bicyclic) bond motifs is 1. The molecule has 1 aliphatic carbocycles. The van der Waals surface area contributed by atoms with Gasteiger partial charge in [-0.15, -0.1) is 5.10 Å². The fraction of sp³-hybridized carbons (Fsp3) is 0.227. The van der Waals surface area contributed by atoms with E-state index in [0.29, 0.717) is 35.0 Å². The summed E-state index contributed by atoms with van der Waals surface area (Å²) in [5.41, 5.74) is 0.615. The summed E-state index contributed by atoms with van der Waals surface area (Å²) in [7, 11) is 0. The van der Waals surface area contributed by atoms with Crippen LogP contribution in [0.3, 0.4) is 0 Å². The third kappa shape index (κ3) is 4.95. The van der Waals surface area contributed by atoms with Gasteiger partial charge in [0, 0.05) is 10.0 Å². The number of hydrogen-bond donors (Lipinski definition) is 1. The first-order valence-electron chi connectivity index (χ1n) is 9.79. The average Bonchev–Trinajstić information content (AvgIpc) is 3.23. The first-order chi connectivity index (χ1) is 15.7. The Hall–Kier alpha value is -2.36. The van der Waals surface area contributed by atoms with Gasteiger partial charge in [-0.1, -0.05) is 51.3 Å². The highest BCUT2D eigenvalue weighted by molar-refractivity contribution is 9.10. The monoisotopic (exact) mass is 559 g/mol. The molecule has 0 bridgehead atoms. The van der Waals surface area contributed by atoms with Gasteiger partial charge in [0.1, 0.15) is 5.56 Å². The predicted molar refractivity (Wildman–Crippen MR) is 121 cm³/mol. The Kier molecular flexibility index (Phi) is 6.83. The minimum atomic E-state index is -3.45. The topological polar surface area (TPSA) is 64.1 Å². The van der Waals surface area contributed by atoms with Gasteiger partial charge >= 0.3 is 0 Å². The molecular weight excluding hydrogens is 546 g/mol. The average molecular weight is 561 g/mol. The van der Waals surface area contributed by atoms with E-state index in [9.17, 15) is 18.0 Å². The summed E-state index contributed by atoms with van der Waals surface area (Å²) in [4.78, 5) is 13.0. The summed E-state index contributed by atoms with van der Waals surface area (Å²) < 4.78 is 50.0. The van der Waals surface area contributed by atoms with Crippen molar-refractivity contribution in [1.82, 2.24) is 15.5 Å². The lowest BCUT2D eigenvalue weighted by Crippen LogP contribution is -2.36. The van der Waals surface area contributed by atoms with Crippen LogP contribution in [-0.4, -0.2) is 22.6 Å². The maximum absolute atomic E-state index is 14.8. The second-order valence-electron chi connectivity index (χ2n) is 7.32. The van der Waals surface area contributed by atoms with Gasteiger partial charge in [-0.2, -0.15) is 13.9 Å². The number of benzene rings is 2. The number of amides is 1. The Balaban J connectivity index is 1.63. The number of aromatic nitrogens is 2. The van der Waals surface area contributed by atoms with Crippen molar-refractivity contribution >= 4 is 45.0 Å². The van der Waals surface area contributed by atoms with Crippen LogP contribution < -0.4 is 10.1 Å². The SMILES string of the molecule is O=C(NCC(F)(F)c1ccc(Br)cc1Cl)c1c(Oc2cccc(Cl)c2F)nnc2c1CCC2. The molecule has 0 saturated carbocycles. The van der Waals surface area contributed by atoms with Crippen molar-refractivity contribution in [2.24, 2.45) is 0 Å². The highest BCUT2D eigenvalue weighted by Crippen LogP contribution is 2.36. The Morgan fingerprint density at radius 1 is 1.15 bits per heavy atom. The van der Waals surface area contributed by atoms with Crippen LogP contribution in [0.4, 0.5) is 13.2 Å². The van der Waals surface area contributed by atoms with E-state index in [2.05, 4.69) is 31.4 Å². The summed E-state index contributed by atoms with van der Waals surface area (Å²) in [6.45, 7) is -1.02. The minimum Gasteiger partial charge on any atom is -0.434 e. The molecular formula is C22H15BrCl2F3N3O2. The van der Waals surface area contributed by atoms with Crippen LogP contribution in [0.2, 0.25) is 10.0 Å². The number of nitrogens with one attached hydrogen (secondary N) is 1. The van der Waals surface area contributed by atoms with E-state index in [1.165, 1.54) is 36.4 Å². The van der Waals surface area contributed by atoms with Crippen molar-refractivity contribution in [3.8, 4) is 11.6 Å². The summed E-state index contributed by atoms with van der Waals surface area (Å²) in [5, 5.41) is 9.86. The van der Waals surface area contributed by atoms with Gasteiger partial charge in [-0.05, 0) is 49.1 Å². The van der Waals surface area contributed by atoms with E-state index in [1.54, 1.807) is 0 Å². The predicted octanol–water partition coefficient (Wildman–Crippen LogP) is 6.49. The Bertz CT molecular complexity index is 1240. The smallest absolute Gasteiger partial charge is 0.291 e. The minimum absolute atomic E-state index is 0.0606. The number of aryl methyl sites for hydroxylation is 1. The van der Waals surface area contributed by atoms with Gasteiger partial charge in [0.2, 0.25) is 0 Å². The van der Waals surface area contributed by atoms with Crippen molar-refractivity contribution in [2.45, 2.75) is 25.2 Å². The molecule has 4 rings (SSSR count). The van der Waals surface area contributed by atoms with Crippen LogP contribution in [-0.2, 0) is 18.8 Å². The van der Waals surface area contributed by atoms with Gasteiger partial charge in [0.25, 0.3) is 17.7 Å². The molecule has 5 nitrogen and oxygen atoms in total. The molecule has 1 heterocycles. The zero-order chi connectivity index (χ0) is 23.8. The molecule has 1 aromatic heterocycles. The molecule has 0 radical (unpaired) electrons. The molecule has 2 aromatic carbocycles. The zero-order valence-corrected chi connectivity index (χ0v) is 19.9. The lowest BCUT2D eigenvalue weighted by Gasteiger charge is -2.20. The summed E-state index contributed by atoms with van der Waals surface area (Å²) in [5.74, 6) is -5.69. The summed E-state index contributed by atoms with van der Waals surface area (Å²) in [6, 6.07) is 8.06.